The zero-order chi connectivity index (χ0) is 8.27. The molecule has 0 aromatic rings. The van der Waals surface area contributed by atoms with Gasteiger partial charge in [-0.1, -0.05) is 13.8 Å². The zero-order valence-corrected chi connectivity index (χ0v) is 8.06. The molecule has 0 saturated heterocycles. The Labute approximate surface area is 70.6 Å². The summed E-state index contributed by atoms with van der Waals surface area (Å²) in [5, 5.41) is 3.24. The Bertz CT molecular complexity index is 103. The van der Waals surface area contributed by atoms with Gasteiger partial charge in [-0.2, -0.15) is 0 Å². The molecule has 0 spiro atoms. The van der Waals surface area contributed by atoms with Gasteiger partial charge in [0.25, 0.3) is 0 Å². The number of hydrogen-bond donors (Lipinski definition) is 1. The SMILES string of the molecule is CNCC1CC(CC(C)C)C1. The van der Waals surface area contributed by atoms with Crippen molar-refractivity contribution in [2.75, 3.05) is 13.6 Å². The molecule has 0 aromatic heterocycles. The van der Waals surface area contributed by atoms with Crippen LogP contribution in [0.3, 0.4) is 0 Å². The molecule has 1 rings (SSSR count). The van der Waals surface area contributed by atoms with Gasteiger partial charge in [0.1, 0.15) is 0 Å². The zero-order valence-electron chi connectivity index (χ0n) is 8.06. The number of rotatable bonds is 4. The van der Waals surface area contributed by atoms with Crippen LogP contribution in [0, 0.1) is 17.8 Å². The van der Waals surface area contributed by atoms with Crippen molar-refractivity contribution < 1.29 is 0 Å². The normalized spacial score (nSPS) is 30.5. The van der Waals surface area contributed by atoms with Gasteiger partial charge in [0.05, 0.1) is 0 Å². The largest absolute Gasteiger partial charge is 0.319 e. The smallest absolute Gasteiger partial charge is 0.00233 e. The standard InChI is InChI=1S/C10H21N/c1-8(2)4-9-5-10(6-9)7-11-3/h8-11H,4-7H2,1-3H3. The third kappa shape index (κ3) is 2.82. The summed E-state index contributed by atoms with van der Waals surface area (Å²) in [5.41, 5.74) is 0. The summed E-state index contributed by atoms with van der Waals surface area (Å²) in [6.45, 7) is 5.88. The Balaban J connectivity index is 2.00. The summed E-state index contributed by atoms with van der Waals surface area (Å²) in [4.78, 5) is 0. The van der Waals surface area contributed by atoms with Gasteiger partial charge in [0, 0.05) is 0 Å². The van der Waals surface area contributed by atoms with E-state index in [-0.39, 0.29) is 0 Å². The minimum absolute atomic E-state index is 0.899. The molecule has 0 unspecified atom stereocenters. The van der Waals surface area contributed by atoms with Crippen molar-refractivity contribution in [2.24, 2.45) is 17.8 Å². The molecule has 1 heteroatoms. The first-order valence-electron chi connectivity index (χ1n) is 4.87. The summed E-state index contributed by atoms with van der Waals surface area (Å²) in [7, 11) is 2.05. The monoisotopic (exact) mass is 155 g/mol. The van der Waals surface area contributed by atoms with Gasteiger partial charge in [-0.15, -0.1) is 0 Å². The van der Waals surface area contributed by atoms with Crippen LogP contribution in [-0.4, -0.2) is 13.6 Å². The second kappa shape index (κ2) is 4.10. The fourth-order valence-corrected chi connectivity index (χ4v) is 2.19. The molecular formula is C10H21N. The highest BCUT2D eigenvalue weighted by molar-refractivity contribution is 4.80. The minimum Gasteiger partial charge on any atom is -0.319 e. The van der Waals surface area contributed by atoms with Crippen LogP contribution in [0.1, 0.15) is 33.1 Å². The fraction of sp³-hybridized carbons (Fsp3) is 1.00. The molecule has 0 bridgehead atoms. The van der Waals surface area contributed by atoms with Crippen LogP contribution in [0.5, 0.6) is 0 Å². The van der Waals surface area contributed by atoms with E-state index in [0.29, 0.717) is 0 Å². The van der Waals surface area contributed by atoms with Crippen molar-refractivity contribution >= 4 is 0 Å². The topological polar surface area (TPSA) is 12.0 Å². The van der Waals surface area contributed by atoms with Crippen molar-refractivity contribution in [3.8, 4) is 0 Å². The van der Waals surface area contributed by atoms with E-state index in [9.17, 15) is 0 Å². The maximum Gasteiger partial charge on any atom is -0.00233 e. The Kier molecular flexibility index (Phi) is 3.38. The van der Waals surface area contributed by atoms with Crippen molar-refractivity contribution in [1.82, 2.24) is 5.32 Å². The van der Waals surface area contributed by atoms with Gasteiger partial charge in [-0.05, 0) is 50.6 Å². The maximum atomic E-state index is 3.24. The molecule has 11 heavy (non-hydrogen) atoms. The Morgan fingerprint density at radius 1 is 1.27 bits per heavy atom. The molecule has 1 N–H and O–H groups in total. The lowest BCUT2D eigenvalue weighted by Gasteiger charge is -2.36. The first kappa shape index (κ1) is 9.05. The average molecular weight is 155 g/mol. The van der Waals surface area contributed by atoms with E-state index in [1.807, 2.05) is 0 Å². The first-order chi connectivity index (χ1) is 5.22. The second-order valence-electron chi connectivity index (χ2n) is 4.39. The highest BCUT2D eigenvalue weighted by Crippen LogP contribution is 2.37. The molecule has 0 atom stereocenters. The lowest BCUT2D eigenvalue weighted by molar-refractivity contribution is 0.164. The Morgan fingerprint density at radius 2 is 1.91 bits per heavy atom. The summed E-state index contributed by atoms with van der Waals surface area (Å²) in [5.74, 6) is 2.94. The lowest BCUT2D eigenvalue weighted by Crippen LogP contribution is -2.32. The van der Waals surface area contributed by atoms with Crippen molar-refractivity contribution in [3.05, 3.63) is 0 Å². The number of hydrogen-bond acceptors (Lipinski definition) is 1. The van der Waals surface area contributed by atoms with E-state index in [1.165, 1.54) is 25.8 Å². The van der Waals surface area contributed by atoms with Gasteiger partial charge in [0.15, 0.2) is 0 Å². The molecule has 1 fully saturated rings. The summed E-state index contributed by atoms with van der Waals surface area (Å²) >= 11 is 0. The van der Waals surface area contributed by atoms with Gasteiger partial charge >= 0.3 is 0 Å². The van der Waals surface area contributed by atoms with E-state index >= 15 is 0 Å². The van der Waals surface area contributed by atoms with Gasteiger partial charge in [-0.25, -0.2) is 0 Å². The molecule has 66 valence electrons. The minimum atomic E-state index is 0.899. The van der Waals surface area contributed by atoms with Gasteiger partial charge in [-0.3, -0.25) is 0 Å². The first-order valence-corrected chi connectivity index (χ1v) is 4.87. The highest BCUT2D eigenvalue weighted by atomic mass is 14.8. The fourth-order valence-electron chi connectivity index (χ4n) is 2.19. The molecule has 1 nitrogen and oxygen atoms in total. The summed E-state index contributed by atoms with van der Waals surface area (Å²) in [6.07, 6.45) is 4.39. The van der Waals surface area contributed by atoms with Crippen LogP contribution in [0.15, 0.2) is 0 Å². The molecule has 1 saturated carbocycles. The number of nitrogens with one attached hydrogen (secondary N) is 1. The van der Waals surface area contributed by atoms with Crippen LogP contribution in [0.25, 0.3) is 0 Å². The van der Waals surface area contributed by atoms with E-state index in [4.69, 9.17) is 0 Å². The van der Waals surface area contributed by atoms with E-state index in [0.717, 1.165) is 17.8 Å². The summed E-state index contributed by atoms with van der Waals surface area (Å²) in [6, 6.07) is 0. The van der Waals surface area contributed by atoms with Crippen LogP contribution < -0.4 is 5.32 Å². The second-order valence-corrected chi connectivity index (χ2v) is 4.39. The summed E-state index contributed by atoms with van der Waals surface area (Å²) < 4.78 is 0. The van der Waals surface area contributed by atoms with Crippen LogP contribution >= 0.6 is 0 Å². The van der Waals surface area contributed by atoms with Gasteiger partial charge < -0.3 is 5.32 Å². The lowest BCUT2D eigenvalue weighted by atomic mass is 9.71. The van der Waals surface area contributed by atoms with Crippen molar-refractivity contribution in [1.29, 1.82) is 0 Å². The van der Waals surface area contributed by atoms with Crippen LogP contribution in [0.2, 0.25) is 0 Å². The third-order valence-electron chi connectivity index (χ3n) is 2.63. The van der Waals surface area contributed by atoms with E-state index < -0.39 is 0 Å². The molecule has 0 heterocycles. The molecular weight excluding hydrogens is 134 g/mol. The Morgan fingerprint density at radius 3 is 2.36 bits per heavy atom. The van der Waals surface area contributed by atoms with Crippen molar-refractivity contribution in [3.63, 3.8) is 0 Å². The highest BCUT2D eigenvalue weighted by Gasteiger charge is 2.28. The Hall–Kier alpha value is -0.0400. The third-order valence-corrected chi connectivity index (χ3v) is 2.63. The van der Waals surface area contributed by atoms with E-state index in [2.05, 4.69) is 26.2 Å². The molecule has 1 aliphatic rings. The average Bonchev–Trinajstić information content (AvgIpc) is 1.82. The van der Waals surface area contributed by atoms with Crippen LogP contribution in [-0.2, 0) is 0 Å². The molecule has 0 aliphatic heterocycles. The quantitative estimate of drug-likeness (QED) is 0.656. The van der Waals surface area contributed by atoms with E-state index in [1.54, 1.807) is 0 Å². The van der Waals surface area contributed by atoms with Crippen LogP contribution in [0.4, 0.5) is 0 Å². The van der Waals surface area contributed by atoms with Gasteiger partial charge in [0.2, 0.25) is 0 Å². The molecule has 0 radical (unpaired) electrons. The molecule has 0 amide bonds. The molecule has 0 aromatic carbocycles. The predicted molar refractivity (Wildman–Crippen MR) is 49.6 cm³/mol. The maximum absolute atomic E-state index is 3.24. The predicted octanol–water partition coefficient (Wildman–Crippen LogP) is 2.28. The molecule has 1 aliphatic carbocycles. The van der Waals surface area contributed by atoms with Crippen molar-refractivity contribution in [2.45, 2.75) is 33.1 Å².